The number of rotatable bonds is 4. The number of hydrogen-bond donors (Lipinski definition) is 1. The number of aromatic nitrogens is 3. The number of hydrogen-bond acceptors (Lipinski definition) is 6. The van der Waals surface area contributed by atoms with Gasteiger partial charge in [0.25, 0.3) is 5.91 Å². The average Bonchev–Trinajstić information content (AvgIpc) is 3.10. The fourth-order valence-electron chi connectivity index (χ4n) is 2.71. The van der Waals surface area contributed by atoms with Crippen LogP contribution in [0.15, 0.2) is 12.1 Å². The van der Waals surface area contributed by atoms with Crippen molar-refractivity contribution in [2.75, 3.05) is 0 Å². The van der Waals surface area contributed by atoms with Crippen molar-refractivity contribution < 1.29 is 9.72 Å². The van der Waals surface area contributed by atoms with Gasteiger partial charge in [-0.25, -0.2) is 0 Å². The Kier molecular flexibility index (Phi) is 4.37. The summed E-state index contributed by atoms with van der Waals surface area (Å²) < 4.78 is 2.08. The summed E-state index contributed by atoms with van der Waals surface area (Å²) >= 11 is 0.866. The summed E-state index contributed by atoms with van der Waals surface area (Å²) in [7, 11) is 0. The van der Waals surface area contributed by atoms with Gasteiger partial charge in [-0.1, -0.05) is 17.8 Å². The standard InChI is InChI=1S/C14H17N5O3S/c1-9(13-17-16-11-5-3-2-4-8-18(11)13)15-14(20)10-6-7-12(23-10)19(21)22/h6-7,9H,2-5,8H2,1H3,(H,15,20)/t9-/m0/s1. The van der Waals surface area contributed by atoms with E-state index < -0.39 is 4.92 Å². The van der Waals surface area contributed by atoms with Crippen LogP contribution in [0.25, 0.3) is 0 Å². The zero-order valence-corrected chi connectivity index (χ0v) is 13.5. The lowest BCUT2D eigenvalue weighted by atomic mass is 10.2. The van der Waals surface area contributed by atoms with Gasteiger partial charge >= 0.3 is 5.00 Å². The van der Waals surface area contributed by atoms with E-state index in [0.29, 0.717) is 4.88 Å². The zero-order chi connectivity index (χ0) is 16.4. The quantitative estimate of drug-likeness (QED) is 0.683. The molecule has 0 aromatic carbocycles. The molecule has 23 heavy (non-hydrogen) atoms. The van der Waals surface area contributed by atoms with Crippen LogP contribution >= 0.6 is 11.3 Å². The van der Waals surface area contributed by atoms with E-state index in [-0.39, 0.29) is 17.0 Å². The summed E-state index contributed by atoms with van der Waals surface area (Å²) in [5.74, 6) is 1.37. The molecule has 0 bridgehead atoms. The third-order valence-electron chi connectivity index (χ3n) is 3.87. The molecule has 2 aromatic heterocycles. The van der Waals surface area contributed by atoms with Crippen molar-refractivity contribution in [1.82, 2.24) is 20.1 Å². The first-order chi connectivity index (χ1) is 11.1. The van der Waals surface area contributed by atoms with Crippen molar-refractivity contribution in [1.29, 1.82) is 0 Å². The maximum absolute atomic E-state index is 12.2. The van der Waals surface area contributed by atoms with E-state index >= 15 is 0 Å². The van der Waals surface area contributed by atoms with E-state index in [1.54, 1.807) is 0 Å². The normalized spacial score (nSPS) is 15.5. The molecule has 0 saturated carbocycles. The second-order valence-electron chi connectivity index (χ2n) is 5.53. The Balaban J connectivity index is 1.73. The molecule has 0 unspecified atom stereocenters. The molecule has 1 amide bonds. The molecule has 0 saturated heterocycles. The Labute approximate surface area is 136 Å². The van der Waals surface area contributed by atoms with E-state index in [0.717, 1.165) is 48.8 Å². The van der Waals surface area contributed by atoms with Crippen molar-refractivity contribution in [2.45, 2.75) is 45.2 Å². The first-order valence-electron chi connectivity index (χ1n) is 7.53. The van der Waals surface area contributed by atoms with Gasteiger partial charge in [0, 0.05) is 19.0 Å². The van der Waals surface area contributed by atoms with Gasteiger partial charge in [-0.15, -0.1) is 10.2 Å². The number of nitro groups is 1. The van der Waals surface area contributed by atoms with Crippen molar-refractivity contribution in [2.24, 2.45) is 0 Å². The van der Waals surface area contributed by atoms with Crippen LogP contribution in [0.5, 0.6) is 0 Å². The lowest BCUT2D eigenvalue weighted by Crippen LogP contribution is -2.28. The maximum Gasteiger partial charge on any atom is 0.324 e. The summed E-state index contributed by atoms with van der Waals surface area (Å²) in [5.41, 5.74) is 0. The zero-order valence-electron chi connectivity index (χ0n) is 12.7. The number of aryl methyl sites for hydroxylation is 1. The van der Waals surface area contributed by atoms with E-state index in [1.807, 2.05) is 6.92 Å². The first-order valence-corrected chi connectivity index (χ1v) is 8.35. The molecule has 3 rings (SSSR count). The number of thiophene rings is 1. The van der Waals surface area contributed by atoms with E-state index in [9.17, 15) is 14.9 Å². The molecule has 122 valence electrons. The van der Waals surface area contributed by atoms with Crippen LogP contribution in [0, 0.1) is 10.1 Å². The fourth-order valence-corrected chi connectivity index (χ4v) is 3.43. The Hall–Kier alpha value is -2.29. The Morgan fingerprint density at radius 1 is 1.39 bits per heavy atom. The molecule has 3 heterocycles. The van der Waals surface area contributed by atoms with Crippen LogP contribution in [0.1, 0.15) is 53.5 Å². The van der Waals surface area contributed by atoms with Gasteiger partial charge in [0.15, 0.2) is 5.82 Å². The summed E-state index contributed by atoms with van der Waals surface area (Å²) in [6.07, 6.45) is 4.26. The fraction of sp³-hybridized carbons (Fsp3) is 0.500. The lowest BCUT2D eigenvalue weighted by Gasteiger charge is -2.14. The molecular formula is C14H17N5O3S. The minimum absolute atomic E-state index is 0.0425. The van der Waals surface area contributed by atoms with Gasteiger partial charge in [-0.05, 0) is 25.8 Å². The number of nitrogens with zero attached hydrogens (tertiary/aromatic N) is 4. The Morgan fingerprint density at radius 3 is 2.96 bits per heavy atom. The smallest absolute Gasteiger partial charge is 0.324 e. The average molecular weight is 335 g/mol. The van der Waals surface area contributed by atoms with Gasteiger partial charge < -0.3 is 9.88 Å². The molecule has 1 N–H and O–H groups in total. The number of fused-ring (bicyclic) bond motifs is 1. The molecule has 1 atom stereocenters. The number of nitrogens with one attached hydrogen (secondary N) is 1. The topological polar surface area (TPSA) is 103 Å². The SMILES string of the molecule is C[C@H](NC(=O)c1ccc([N+](=O)[O-])s1)c1nnc2n1CCCCC2. The molecule has 1 aliphatic heterocycles. The van der Waals surface area contributed by atoms with E-state index in [1.165, 1.54) is 18.6 Å². The monoisotopic (exact) mass is 335 g/mol. The van der Waals surface area contributed by atoms with Crippen molar-refractivity contribution in [3.63, 3.8) is 0 Å². The minimum atomic E-state index is -0.497. The summed E-state index contributed by atoms with van der Waals surface area (Å²) in [4.78, 5) is 22.8. The van der Waals surface area contributed by atoms with Crippen molar-refractivity contribution >= 4 is 22.2 Å². The highest BCUT2D eigenvalue weighted by molar-refractivity contribution is 7.17. The van der Waals surface area contributed by atoms with E-state index in [2.05, 4.69) is 20.1 Å². The summed E-state index contributed by atoms with van der Waals surface area (Å²) in [6, 6.07) is 2.51. The second-order valence-corrected chi connectivity index (χ2v) is 6.59. The molecule has 2 aromatic rings. The summed E-state index contributed by atoms with van der Waals surface area (Å²) in [6.45, 7) is 2.71. The number of carbonyl (C=O) groups is 1. The highest BCUT2D eigenvalue weighted by Gasteiger charge is 2.22. The highest BCUT2D eigenvalue weighted by Crippen LogP contribution is 2.25. The predicted molar refractivity (Wildman–Crippen MR) is 84.4 cm³/mol. The maximum atomic E-state index is 12.2. The second kappa shape index (κ2) is 6.45. The van der Waals surface area contributed by atoms with Crippen LogP contribution in [-0.4, -0.2) is 25.6 Å². The Morgan fingerprint density at radius 2 is 2.22 bits per heavy atom. The van der Waals surface area contributed by atoms with Gasteiger partial charge in [-0.2, -0.15) is 0 Å². The number of carbonyl (C=O) groups excluding carboxylic acids is 1. The first kappa shape index (κ1) is 15.6. The predicted octanol–water partition coefficient (Wildman–Crippen LogP) is 2.47. The molecule has 0 radical (unpaired) electrons. The van der Waals surface area contributed by atoms with Crippen LogP contribution in [-0.2, 0) is 13.0 Å². The highest BCUT2D eigenvalue weighted by atomic mass is 32.1. The van der Waals surface area contributed by atoms with Gasteiger partial charge in [0.1, 0.15) is 5.82 Å². The lowest BCUT2D eigenvalue weighted by molar-refractivity contribution is -0.380. The van der Waals surface area contributed by atoms with Gasteiger partial charge in [0.2, 0.25) is 0 Å². The molecule has 0 aliphatic carbocycles. The Bertz CT molecular complexity index is 739. The molecule has 8 nitrogen and oxygen atoms in total. The van der Waals surface area contributed by atoms with Gasteiger partial charge in [0.05, 0.1) is 15.8 Å². The largest absolute Gasteiger partial charge is 0.342 e. The van der Waals surface area contributed by atoms with Crippen LogP contribution < -0.4 is 5.32 Å². The molecule has 1 aliphatic rings. The minimum Gasteiger partial charge on any atom is -0.342 e. The van der Waals surface area contributed by atoms with Crippen molar-refractivity contribution in [3.05, 3.63) is 38.8 Å². The van der Waals surface area contributed by atoms with Crippen LogP contribution in [0.2, 0.25) is 0 Å². The number of amides is 1. The molecule has 0 fully saturated rings. The van der Waals surface area contributed by atoms with Gasteiger partial charge in [-0.3, -0.25) is 14.9 Å². The van der Waals surface area contributed by atoms with Crippen LogP contribution in [0.4, 0.5) is 5.00 Å². The molecule has 0 spiro atoms. The molecular weight excluding hydrogens is 318 g/mol. The van der Waals surface area contributed by atoms with Crippen LogP contribution in [0.3, 0.4) is 0 Å². The van der Waals surface area contributed by atoms with E-state index in [4.69, 9.17) is 0 Å². The van der Waals surface area contributed by atoms with Crippen molar-refractivity contribution in [3.8, 4) is 0 Å². The third kappa shape index (κ3) is 3.24. The summed E-state index contributed by atoms with van der Waals surface area (Å²) in [5, 5.41) is 21.9. The third-order valence-corrected chi connectivity index (χ3v) is 4.90. The molecule has 9 heteroatoms.